The molecule has 2 fully saturated rings. The van der Waals surface area contributed by atoms with Crippen LogP contribution in [0.15, 0.2) is 30.3 Å². The SMILES string of the molecule is CC(C)CCN1CC2N(C(=O)CN(C)N2C=O)[C@@H](Cc2ccccc2)C1=O. The van der Waals surface area contributed by atoms with Crippen LogP contribution in [0.25, 0.3) is 0 Å². The van der Waals surface area contributed by atoms with E-state index in [0.717, 1.165) is 18.4 Å². The number of benzene rings is 1. The van der Waals surface area contributed by atoms with E-state index >= 15 is 0 Å². The summed E-state index contributed by atoms with van der Waals surface area (Å²) in [5.41, 5.74) is 1.00. The molecule has 0 saturated carbocycles. The van der Waals surface area contributed by atoms with Crippen LogP contribution in [0, 0.1) is 5.92 Å². The molecule has 2 aliphatic heterocycles. The van der Waals surface area contributed by atoms with Crippen molar-refractivity contribution in [1.29, 1.82) is 0 Å². The van der Waals surface area contributed by atoms with E-state index in [-0.39, 0.29) is 18.4 Å². The third-order valence-corrected chi connectivity index (χ3v) is 5.35. The smallest absolute Gasteiger partial charge is 0.245 e. The van der Waals surface area contributed by atoms with E-state index in [2.05, 4.69) is 13.8 Å². The summed E-state index contributed by atoms with van der Waals surface area (Å²) in [5.74, 6) is 0.333. The van der Waals surface area contributed by atoms with Gasteiger partial charge in [-0.15, -0.1) is 0 Å². The highest BCUT2D eigenvalue weighted by molar-refractivity contribution is 5.91. The first-order valence-electron chi connectivity index (χ1n) is 9.51. The fraction of sp³-hybridized carbons (Fsp3) is 0.550. The molecule has 2 aliphatic rings. The number of hydrazine groups is 1. The second-order valence-electron chi connectivity index (χ2n) is 7.76. The monoisotopic (exact) mass is 372 g/mol. The number of hydrogen-bond acceptors (Lipinski definition) is 4. The zero-order valence-electron chi connectivity index (χ0n) is 16.2. The summed E-state index contributed by atoms with van der Waals surface area (Å²) in [6, 6.07) is 9.14. The molecule has 146 valence electrons. The molecule has 0 aliphatic carbocycles. The lowest BCUT2D eigenvalue weighted by atomic mass is 9.98. The summed E-state index contributed by atoms with van der Waals surface area (Å²) in [7, 11) is 1.73. The van der Waals surface area contributed by atoms with E-state index < -0.39 is 12.2 Å². The Bertz CT molecular complexity index is 694. The van der Waals surface area contributed by atoms with Crippen LogP contribution >= 0.6 is 0 Å². The van der Waals surface area contributed by atoms with Gasteiger partial charge in [0.05, 0.1) is 13.1 Å². The van der Waals surface area contributed by atoms with Crippen molar-refractivity contribution in [3.05, 3.63) is 35.9 Å². The van der Waals surface area contributed by atoms with Crippen molar-refractivity contribution in [2.24, 2.45) is 5.92 Å². The number of amides is 3. The molecule has 7 heteroatoms. The van der Waals surface area contributed by atoms with E-state index in [1.807, 2.05) is 35.2 Å². The van der Waals surface area contributed by atoms with Gasteiger partial charge in [-0.3, -0.25) is 19.4 Å². The van der Waals surface area contributed by atoms with Crippen LogP contribution in [-0.4, -0.2) is 76.9 Å². The van der Waals surface area contributed by atoms with Gasteiger partial charge in [0.2, 0.25) is 18.2 Å². The van der Waals surface area contributed by atoms with Crippen molar-refractivity contribution in [1.82, 2.24) is 19.8 Å². The Hall–Kier alpha value is -2.41. The molecule has 3 rings (SSSR count). The minimum atomic E-state index is -0.582. The zero-order chi connectivity index (χ0) is 19.6. The molecule has 1 aromatic rings. The molecule has 0 radical (unpaired) electrons. The van der Waals surface area contributed by atoms with Gasteiger partial charge in [0, 0.05) is 20.0 Å². The number of likely N-dealkylation sites (N-methyl/N-ethyl adjacent to an activating group) is 1. The fourth-order valence-electron chi connectivity index (χ4n) is 3.84. The molecule has 1 unspecified atom stereocenters. The number of carbonyl (C=O) groups is 3. The Morgan fingerprint density at radius 3 is 2.52 bits per heavy atom. The molecule has 0 aromatic heterocycles. The lowest BCUT2D eigenvalue weighted by molar-refractivity contribution is -0.196. The molecule has 0 N–H and O–H groups in total. The van der Waals surface area contributed by atoms with Gasteiger partial charge in [-0.1, -0.05) is 44.2 Å². The van der Waals surface area contributed by atoms with Gasteiger partial charge in [-0.2, -0.15) is 0 Å². The Morgan fingerprint density at radius 2 is 1.89 bits per heavy atom. The molecular weight excluding hydrogens is 344 g/mol. The van der Waals surface area contributed by atoms with E-state index in [1.54, 1.807) is 17.0 Å². The topological polar surface area (TPSA) is 64.2 Å². The standard InChI is InChI=1S/C20H28N4O3/c1-15(2)9-10-22-12-18-23(14-25)21(3)13-19(26)24(18)17(20(22)27)11-16-7-5-4-6-8-16/h4-8,14-15,17-18H,9-13H2,1-3H3/t17-,18?/m0/s1. The van der Waals surface area contributed by atoms with Crippen LogP contribution in [0.5, 0.6) is 0 Å². The van der Waals surface area contributed by atoms with Gasteiger partial charge in [0.15, 0.2) is 0 Å². The molecule has 0 spiro atoms. The van der Waals surface area contributed by atoms with Crippen LogP contribution in [0.1, 0.15) is 25.8 Å². The third-order valence-electron chi connectivity index (χ3n) is 5.35. The predicted molar refractivity (Wildman–Crippen MR) is 101 cm³/mol. The Labute approximate surface area is 160 Å². The second kappa shape index (κ2) is 8.08. The Balaban J connectivity index is 1.92. The third kappa shape index (κ3) is 3.98. The highest BCUT2D eigenvalue weighted by Crippen LogP contribution is 2.27. The minimum Gasteiger partial charge on any atom is -0.337 e. The molecule has 2 heterocycles. The van der Waals surface area contributed by atoms with E-state index in [9.17, 15) is 14.4 Å². The van der Waals surface area contributed by atoms with Gasteiger partial charge < -0.3 is 9.80 Å². The number of piperazine rings is 1. The predicted octanol–water partition coefficient (Wildman–Crippen LogP) is 0.960. The average Bonchev–Trinajstić information content (AvgIpc) is 2.63. The van der Waals surface area contributed by atoms with Crippen molar-refractivity contribution >= 4 is 18.2 Å². The van der Waals surface area contributed by atoms with Gasteiger partial charge >= 0.3 is 0 Å². The number of rotatable bonds is 6. The Kier molecular flexibility index (Phi) is 5.79. The zero-order valence-corrected chi connectivity index (χ0v) is 16.2. The molecule has 2 atom stereocenters. The van der Waals surface area contributed by atoms with Crippen molar-refractivity contribution in [3.63, 3.8) is 0 Å². The number of fused-ring (bicyclic) bond motifs is 1. The van der Waals surface area contributed by atoms with E-state index in [4.69, 9.17) is 0 Å². The molecule has 2 saturated heterocycles. The molecule has 3 amide bonds. The molecule has 0 bridgehead atoms. The molecule has 27 heavy (non-hydrogen) atoms. The van der Waals surface area contributed by atoms with Crippen LogP contribution < -0.4 is 0 Å². The average molecular weight is 372 g/mol. The molecule has 1 aromatic carbocycles. The van der Waals surface area contributed by atoms with Crippen LogP contribution in [0.3, 0.4) is 0 Å². The van der Waals surface area contributed by atoms with Crippen molar-refractivity contribution in [2.75, 3.05) is 26.7 Å². The molecular formula is C20H28N4O3. The normalized spacial score (nSPS) is 23.8. The lowest BCUT2D eigenvalue weighted by Gasteiger charge is -2.53. The summed E-state index contributed by atoms with van der Waals surface area (Å²) >= 11 is 0. The van der Waals surface area contributed by atoms with Crippen LogP contribution in [-0.2, 0) is 20.8 Å². The van der Waals surface area contributed by atoms with Gasteiger partial charge in [0.25, 0.3) is 0 Å². The van der Waals surface area contributed by atoms with E-state index in [1.165, 1.54) is 5.01 Å². The molecule has 7 nitrogen and oxygen atoms in total. The van der Waals surface area contributed by atoms with Crippen molar-refractivity contribution in [2.45, 2.75) is 38.9 Å². The Morgan fingerprint density at radius 1 is 1.19 bits per heavy atom. The van der Waals surface area contributed by atoms with Gasteiger partial charge in [-0.25, -0.2) is 5.01 Å². The van der Waals surface area contributed by atoms with Gasteiger partial charge in [0.1, 0.15) is 12.2 Å². The highest BCUT2D eigenvalue weighted by Gasteiger charge is 2.48. The maximum Gasteiger partial charge on any atom is 0.245 e. The summed E-state index contributed by atoms with van der Waals surface area (Å²) < 4.78 is 0. The first-order chi connectivity index (χ1) is 12.9. The van der Waals surface area contributed by atoms with Crippen molar-refractivity contribution in [3.8, 4) is 0 Å². The minimum absolute atomic E-state index is 0.0282. The maximum absolute atomic E-state index is 13.2. The lowest BCUT2D eigenvalue weighted by Crippen LogP contribution is -2.74. The number of nitrogens with zero attached hydrogens (tertiary/aromatic N) is 4. The fourth-order valence-corrected chi connectivity index (χ4v) is 3.84. The maximum atomic E-state index is 13.2. The van der Waals surface area contributed by atoms with Crippen LogP contribution in [0.2, 0.25) is 0 Å². The number of carbonyl (C=O) groups excluding carboxylic acids is 3. The number of hydrogen-bond donors (Lipinski definition) is 0. The largest absolute Gasteiger partial charge is 0.337 e. The first-order valence-corrected chi connectivity index (χ1v) is 9.51. The second-order valence-corrected chi connectivity index (χ2v) is 7.76. The van der Waals surface area contributed by atoms with Crippen molar-refractivity contribution < 1.29 is 14.4 Å². The highest BCUT2D eigenvalue weighted by atomic mass is 16.2. The van der Waals surface area contributed by atoms with Gasteiger partial charge in [-0.05, 0) is 17.9 Å². The van der Waals surface area contributed by atoms with E-state index in [0.29, 0.717) is 25.4 Å². The summed E-state index contributed by atoms with van der Waals surface area (Å²) in [6.07, 6.45) is 1.64. The summed E-state index contributed by atoms with van der Waals surface area (Å²) in [6.45, 7) is 5.33. The summed E-state index contributed by atoms with van der Waals surface area (Å²) in [4.78, 5) is 41.2. The quantitative estimate of drug-likeness (QED) is 0.698. The summed E-state index contributed by atoms with van der Waals surface area (Å²) in [5, 5.41) is 3.17. The van der Waals surface area contributed by atoms with Crippen LogP contribution in [0.4, 0.5) is 0 Å². The first kappa shape index (κ1) is 19.4.